The summed E-state index contributed by atoms with van der Waals surface area (Å²) in [6.07, 6.45) is 4.13. The van der Waals surface area contributed by atoms with Gasteiger partial charge in [0.2, 0.25) is 0 Å². The highest BCUT2D eigenvalue weighted by molar-refractivity contribution is 5.87. The number of carboxylic acid groups (broad SMARTS) is 1. The first kappa shape index (κ1) is 10.7. The standard InChI is InChI=1S/C11H14N2O3/c12-8-5-7(6-3-1-2-4-6)9(11(15)16)13-10(8)14/h5-6H,1-4,12H2,(H,13,14)(H,15,16). The number of hydrogen-bond acceptors (Lipinski definition) is 3. The molecule has 16 heavy (non-hydrogen) atoms. The first-order chi connectivity index (χ1) is 7.59. The number of nitrogens with one attached hydrogen (secondary N) is 1. The zero-order valence-corrected chi connectivity index (χ0v) is 8.82. The van der Waals surface area contributed by atoms with Crippen molar-refractivity contribution in [3.63, 3.8) is 0 Å². The van der Waals surface area contributed by atoms with Gasteiger partial charge in [-0.3, -0.25) is 4.79 Å². The number of aromatic nitrogens is 1. The molecule has 0 bridgehead atoms. The van der Waals surface area contributed by atoms with Gasteiger partial charge in [0.15, 0.2) is 0 Å². The molecule has 1 aromatic rings. The predicted molar refractivity (Wildman–Crippen MR) is 59.6 cm³/mol. The summed E-state index contributed by atoms with van der Waals surface area (Å²) in [4.78, 5) is 24.6. The summed E-state index contributed by atoms with van der Waals surface area (Å²) in [5.41, 5.74) is 5.74. The van der Waals surface area contributed by atoms with E-state index < -0.39 is 11.5 Å². The Bertz CT molecular complexity index is 473. The number of carboxylic acids is 1. The van der Waals surface area contributed by atoms with Crippen LogP contribution in [0.4, 0.5) is 5.69 Å². The van der Waals surface area contributed by atoms with Crippen LogP contribution in [0.25, 0.3) is 0 Å². The Morgan fingerprint density at radius 1 is 1.44 bits per heavy atom. The number of hydrogen-bond donors (Lipinski definition) is 3. The quantitative estimate of drug-likeness (QED) is 0.702. The van der Waals surface area contributed by atoms with Gasteiger partial charge in [-0.15, -0.1) is 0 Å². The smallest absolute Gasteiger partial charge is 0.352 e. The van der Waals surface area contributed by atoms with Gasteiger partial charge in [0.25, 0.3) is 5.56 Å². The molecule has 0 spiro atoms. The Labute approximate surface area is 92.3 Å². The highest BCUT2D eigenvalue weighted by Crippen LogP contribution is 2.35. The van der Waals surface area contributed by atoms with E-state index in [0.717, 1.165) is 25.7 Å². The van der Waals surface area contributed by atoms with E-state index in [1.165, 1.54) is 6.07 Å². The van der Waals surface area contributed by atoms with Gasteiger partial charge in [0.05, 0.1) is 5.69 Å². The molecule has 0 aliphatic heterocycles. The van der Waals surface area contributed by atoms with E-state index in [4.69, 9.17) is 10.8 Å². The second kappa shape index (κ2) is 4.00. The zero-order valence-electron chi connectivity index (χ0n) is 8.82. The fourth-order valence-corrected chi connectivity index (χ4v) is 2.30. The summed E-state index contributed by atoms with van der Waals surface area (Å²) in [7, 11) is 0. The number of nitrogens with two attached hydrogens (primary N) is 1. The summed E-state index contributed by atoms with van der Waals surface area (Å²) in [6, 6.07) is 1.51. The molecule has 0 radical (unpaired) electrons. The van der Waals surface area contributed by atoms with E-state index >= 15 is 0 Å². The van der Waals surface area contributed by atoms with E-state index in [1.54, 1.807) is 0 Å². The van der Waals surface area contributed by atoms with E-state index in [0.29, 0.717) is 5.56 Å². The summed E-state index contributed by atoms with van der Waals surface area (Å²) < 4.78 is 0. The van der Waals surface area contributed by atoms with Crippen molar-refractivity contribution in [1.82, 2.24) is 4.98 Å². The minimum atomic E-state index is -1.10. The molecule has 2 rings (SSSR count). The molecule has 1 aromatic heterocycles. The molecular weight excluding hydrogens is 208 g/mol. The third-order valence-corrected chi connectivity index (χ3v) is 3.11. The molecule has 1 aliphatic rings. The first-order valence-electron chi connectivity index (χ1n) is 5.35. The molecule has 5 heteroatoms. The number of aromatic carboxylic acids is 1. The van der Waals surface area contributed by atoms with E-state index in [9.17, 15) is 9.59 Å². The molecule has 1 heterocycles. The van der Waals surface area contributed by atoms with Crippen LogP contribution >= 0.6 is 0 Å². The van der Waals surface area contributed by atoms with Crippen LogP contribution in [0.15, 0.2) is 10.9 Å². The number of pyridine rings is 1. The minimum absolute atomic E-state index is 0.00824. The van der Waals surface area contributed by atoms with Crippen molar-refractivity contribution in [3.05, 3.63) is 27.7 Å². The Morgan fingerprint density at radius 2 is 2.06 bits per heavy atom. The van der Waals surface area contributed by atoms with Gasteiger partial charge in [-0.25, -0.2) is 4.79 Å². The molecule has 0 atom stereocenters. The molecular formula is C11H14N2O3. The molecule has 1 aliphatic carbocycles. The van der Waals surface area contributed by atoms with Crippen LogP contribution in [0.1, 0.15) is 47.7 Å². The van der Waals surface area contributed by atoms with Gasteiger partial charge < -0.3 is 15.8 Å². The van der Waals surface area contributed by atoms with E-state index in [1.807, 2.05) is 0 Å². The number of nitrogen functional groups attached to an aromatic ring is 1. The number of H-pyrrole nitrogens is 1. The molecule has 0 amide bonds. The Hall–Kier alpha value is -1.78. The van der Waals surface area contributed by atoms with E-state index in [-0.39, 0.29) is 17.3 Å². The molecule has 4 N–H and O–H groups in total. The fraction of sp³-hybridized carbons (Fsp3) is 0.455. The number of aromatic amines is 1. The van der Waals surface area contributed by atoms with Gasteiger partial charge in [0.1, 0.15) is 5.69 Å². The lowest BCUT2D eigenvalue weighted by atomic mass is 9.95. The summed E-state index contributed by atoms with van der Waals surface area (Å²) in [5.74, 6) is -0.885. The van der Waals surface area contributed by atoms with Crippen LogP contribution in [-0.4, -0.2) is 16.1 Å². The van der Waals surface area contributed by atoms with Crippen molar-refractivity contribution < 1.29 is 9.90 Å². The van der Waals surface area contributed by atoms with Crippen LogP contribution in [0.3, 0.4) is 0 Å². The average molecular weight is 222 g/mol. The van der Waals surface area contributed by atoms with Crippen LogP contribution in [0.5, 0.6) is 0 Å². The zero-order chi connectivity index (χ0) is 11.7. The molecule has 86 valence electrons. The lowest BCUT2D eigenvalue weighted by Crippen LogP contribution is -2.19. The third kappa shape index (κ3) is 1.80. The number of carbonyl (C=O) groups is 1. The number of anilines is 1. The van der Waals surface area contributed by atoms with Crippen molar-refractivity contribution >= 4 is 11.7 Å². The van der Waals surface area contributed by atoms with Gasteiger partial charge in [-0.1, -0.05) is 12.8 Å². The van der Waals surface area contributed by atoms with E-state index in [2.05, 4.69) is 4.98 Å². The minimum Gasteiger partial charge on any atom is -0.477 e. The highest BCUT2D eigenvalue weighted by atomic mass is 16.4. The normalized spacial score (nSPS) is 16.5. The Balaban J connectivity index is 2.52. The first-order valence-corrected chi connectivity index (χ1v) is 5.35. The summed E-state index contributed by atoms with van der Waals surface area (Å²) >= 11 is 0. The Morgan fingerprint density at radius 3 is 2.62 bits per heavy atom. The molecule has 1 saturated carbocycles. The lowest BCUT2D eigenvalue weighted by Gasteiger charge is -2.12. The molecule has 0 unspecified atom stereocenters. The second-order valence-electron chi connectivity index (χ2n) is 4.17. The van der Waals surface area contributed by atoms with Gasteiger partial charge >= 0.3 is 5.97 Å². The summed E-state index contributed by atoms with van der Waals surface area (Å²) in [5, 5.41) is 9.03. The maximum Gasteiger partial charge on any atom is 0.352 e. The maximum atomic E-state index is 11.3. The van der Waals surface area contributed by atoms with Crippen molar-refractivity contribution in [2.24, 2.45) is 0 Å². The third-order valence-electron chi connectivity index (χ3n) is 3.11. The van der Waals surface area contributed by atoms with Crippen molar-refractivity contribution in [3.8, 4) is 0 Å². The fourth-order valence-electron chi connectivity index (χ4n) is 2.30. The monoisotopic (exact) mass is 222 g/mol. The molecule has 0 aromatic carbocycles. The maximum absolute atomic E-state index is 11.3. The lowest BCUT2D eigenvalue weighted by molar-refractivity contribution is 0.0688. The summed E-state index contributed by atoms with van der Waals surface area (Å²) in [6.45, 7) is 0. The van der Waals surface area contributed by atoms with Gasteiger partial charge in [0, 0.05) is 0 Å². The Kier molecular flexibility index (Phi) is 2.68. The largest absolute Gasteiger partial charge is 0.477 e. The number of rotatable bonds is 2. The van der Waals surface area contributed by atoms with Crippen LogP contribution < -0.4 is 11.3 Å². The van der Waals surface area contributed by atoms with Gasteiger partial charge in [-0.05, 0) is 30.4 Å². The molecule has 1 fully saturated rings. The van der Waals surface area contributed by atoms with Gasteiger partial charge in [-0.2, -0.15) is 0 Å². The predicted octanol–water partition coefficient (Wildman–Crippen LogP) is 1.31. The topological polar surface area (TPSA) is 96.2 Å². The van der Waals surface area contributed by atoms with Crippen LogP contribution in [-0.2, 0) is 0 Å². The molecule has 5 nitrogen and oxygen atoms in total. The van der Waals surface area contributed by atoms with Crippen LogP contribution in [0, 0.1) is 0 Å². The van der Waals surface area contributed by atoms with Crippen LogP contribution in [0.2, 0.25) is 0 Å². The average Bonchev–Trinajstić information content (AvgIpc) is 2.74. The second-order valence-corrected chi connectivity index (χ2v) is 4.17. The molecule has 0 saturated heterocycles. The van der Waals surface area contributed by atoms with Crippen molar-refractivity contribution in [2.75, 3.05) is 5.73 Å². The van der Waals surface area contributed by atoms with Crippen molar-refractivity contribution in [2.45, 2.75) is 31.6 Å². The highest BCUT2D eigenvalue weighted by Gasteiger charge is 2.23. The SMILES string of the molecule is Nc1cc(C2CCCC2)c(C(=O)O)[nH]c1=O. The van der Waals surface area contributed by atoms with Crippen molar-refractivity contribution in [1.29, 1.82) is 0 Å².